The minimum absolute atomic E-state index is 0.553. The van der Waals surface area contributed by atoms with Gasteiger partial charge in [-0.2, -0.15) is 10.2 Å². The van der Waals surface area contributed by atoms with Gasteiger partial charge >= 0.3 is 0 Å². The highest BCUT2D eigenvalue weighted by molar-refractivity contribution is 5.30. The number of hydrogen-bond donors (Lipinski definition) is 0. The van der Waals surface area contributed by atoms with Crippen molar-refractivity contribution in [3.8, 4) is 5.69 Å². The molecule has 0 saturated carbocycles. The van der Waals surface area contributed by atoms with E-state index in [2.05, 4.69) is 28.2 Å². The highest BCUT2D eigenvalue weighted by Crippen LogP contribution is 2.21. The molecule has 0 amide bonds. The lowest BCUT2D eigenvalue weighted by molar-refractivity contribution is 0.216. The number of likely N-dealkylation sites (tertiary alicyclic amines) is 1. The van der Waals surface area contributed by atoms with E-state index in [1.54, 1.807) is 0 Å². The fourth-order valence-corrected chi connectivity index (χ4v) is 3.31. The number of para-hydroxylation sites is 1. The van der Waals surface area contributed by atoms with E-state index in [0.29, 0.717) is 6.04 Å². The smallest absolute Gasteiger partial charge is 0.0769 e. The van der Waals surface area contributed by atoms with Crippen molar-refractivity contribution in [3.63, 3.8) is 0 Å². The largest absolute Gasteiger partial charge is 0.293 e. The van der Waals surface area contributed by atoms with Gasteiger partial charge in [0.05, 0.1) is 17.9 Å². The van der Waals surface area contributed by atoms with Gasteiger partial charge in [0.15, 0.2) is 0 Å². The van der Waals surface area contributed by atoms with Crippen molar-refractivity contribution in [2.45, 2.75) is 32.0 Å². The van der Waals surface area contributed by atoms with Crippen LogP contribution in [0.3, 0.4) is 0 Å². The van der Waals surface area contributed by atoms with Gasteiger partial charge in [-0.25, -0.2) is 4.68 Å². The monoisotopic (exact) mass is 307 g/mol. The van der Waals surface area contributed by atoms with Crippen LogP contribution in [-0.2, 0) is 13.1 Å². The van der Waals surface area contributed by atoms with Gasteiger partial charge in [-0.1, -0.05) is 18.2 Å². The van der Waals surface area contributed by atoms with E-state index in [4.69, 9.17) is 5.10 Å². The summed E-state index contributed by atoms with van der Waals surface area (Å²) in [6, 6.07) is 14.9. The van der Waals surface area contributed by atoms with Crippen LogP contribution >= 0.6 is 0 Å². The third kappa shape index (κ3) is 3.19. The maximum absolute atomic E-state index is 4.73. The van der Waals surface area contributed by atoms with Gasteiger partial charge in [0.1, 0.15) is 0 Å². The summed E-state index contributed by atoms with van der Waals surface area (Å²) in [6.07, 6.45) is 8.43. The molecule has 0 unspecified atom stereocenters. The zero-order valence-corrected chi connectivity index (χ0v) is 13.1. The molecule has 0 spiro atoms. The Hall–Kier alpha value is -2.40. The Morgan fingerprint density at radius 3 is 2.78 bits per heavy atom. The van der Waals surface area contributed by atoms with Gasteiger partial charge in [-0.05, 0) is 43.7 Å². The highest BCUT2D eigenvalue weighted by Gasteiger charge is 2.25. The van der Waals surface area contributed by atoms with Crippen LogP contribution in [0.2, 0.25) is 0 Å². The third-order valence-corrected chi connectivity index (χ3v) is 4.49. The van der Waals surface area contributed by atoms with Crippen molar-refractivity contribution in [2.24, 2.45) is 0 Å². The second-order valence-electron chi connectivity index (χ2n) is 6.08. The molecule has 118 valence electrons. The molecule has 4 rings (SSSR count). The first-order chi connectivity index (χ1) is 11.4. The predicted octanol–water partition coefficient (Wildman–Crippen LogP) is 2.73. The molecular weight excluding hydrogens is 286 g/mol. The average Bonchev–Trinajstić information content (AvgIpc) is 3.33. The van der Waals surface area contributed by atoms with Crippen LogP contribution in [0.15, 0.2) is 61.1 Å². The van der Waals surface area contributed by atoms with Crippen molar-refractivity contribution < 1.29 is 0 Å². The van der Waals surface area contributed by atoms with Gasteiger partial charge in [-0.3, -0.25) is 9.58 Å². The summed E-state index contributed by atoms with van der Waals surface area (Å²) in [6.45, 7) is 3.02. The Morgan fingerprint density at radius 1 is 1.04 bits per heavy atom. The first kappa shape index (κ1) is 14.2. The first-order valence-electron chi connectivity index (χ1n) is 8.20. The second-order valence-corrected chi connectivity index (χ2v) is 6.08. The van der Waals surface area contributed by atoms with E-state index in [-0.39, 0.29) is 0 Å². The molecule has 0 radical (unpaired) electrons. The molecule has 0 N–H and O–H groups in total. The molecule has 0 aliphatic carbocycles. The molecule has 1 aromatic carbocycles. The van der Waals surface area contributed by atoms with E-state index in [9.17, 15) is 0 Å². The predicted molar refractivity (Wildman–Crippen MR) is 89.2 cm³/mol. The molecule has 1 fully saturated rings. The molecule has 5 nitrogen and oxygen atoms in total. The number of rotatable bonds is 5. The molecule has 1 saturated heterocycles. The van der Waals surface area contributed by atoms with Crippen LogP contribution in [0.4, 0.5) is 0 Å². The Morgan fingerprint density at radius 2 is 1.96 bits per heavy atom. The molecule has 2 aromatic heterocycles. The van der Waals surface area contributed by atoms with Crippen molar-refractivity contribution >= 4 is 0 Å². The van der Waals surface area contributed by atoms with Gasteiger partial charge < -0.3 is 0 Å². The van der Waals surface area contributed by atoms with E-state index in [1.165, 1.54) is 12.8 Å². The summed E-state index contributed by atoms with van der Waals surface area (Å²) in [4.78, 5) is 2.53. The maximum Gasteiger partial charge on any atom is 0.0769 e. The van der Waals surface area contributed by atoms with E-state index >= 15 is 0 Å². The summed E-state index contributed by atoms with van der Waals surface area (Å²) in [5, 5.41) is 9.06. The van der Waals surface area contributed by atoms with Crippen molar-refractivity contribution in [3.05, 3.63) is 66.7 Å². The molecule has 23 heavy (non-hydrogen) atoms. The maximum atomic E-state index is 4.73. The zero-order valence-electron chi connectivity index (χ0n) is 13.1. The van der Waals surface area contributed by atoms with E-state index in [0.717, 1.165) is 31.0 Å². The molecule has 3 aromatic rings. The molecular formula is C18H21N5. The van der Waals surface area contributed by atoms with Crippen LogP contribution in [0, 0.1) is 0 Å². The number of benzene rings is 1. The van der Waals surface area contributed by atoms with Crippen LogP contribution < -0.4 is 0 Å². The lowest BCUT2D eigenvalue weighted by atomic mass is 10.2. The quantitative estimate of drug-likeness (QED) is 0.727. The Bertz CT molecular complexity index is 732. The summed E-state index contributed by atoms with van der Waals surface area (Å²) >= 11 is 0. The Labute approximate surface area is 136 Å². The second kappa shape index (κ2) is 6.38. The van der Waals surface area contributed by atoms with Crippen LogP contribution in [0.5, 0.6) is 0 Å². The zero-order chi connectivity index (χ0) is 15.5. The van der Waals surface area contributed by atoms with E-state index < -0.39 is 0 Å². The van der Waals surface area contributed by atoms with Crippen molar-refractivity contribution in [1.82, 2.24) is 24.5 Å². The summed E-state index contributed by atoms with van der Waals surface area (Å²) < 4.78 is 3.99. The minimum atomic E-state index is 0.553. The van der Waals surface area contributed by atoms with Crippen LogP contribution in [0.25, 0.3) is 5.69 Å². The van der Waals surface area contributed by atoms with Crippen LogP contribution in [-0.4, -0.2) is 37.0 Å². The van der Waals surface area contributed by atoms with Crippen molar-refractivity contribution in [2.75, 3.05) is 6.54 Å². The fourth-order valence-electron chi connectivity index (χ4n) is 3.31. The highest BCUT2D eigenvalue weighted by atomic mass is 15.3. The SMILES string of the molecule is c1ccc(-n2ccc(CN3CCC[C@@H]3Cn3cccn3)n2)cc1. The number of aromatic nitrogens is 4. The first-order valence-corrected chi connectivity index (χ1v) is 8.20. The van der Waals surface area contributed by atoms with Gasteiger partial charge in [0, 0.05) is 31.2 Å². The molecule has 5 heteroatoms. The van der Waals surface area contributed by atoms with Crippen molar-refractivity contribution in [1.29, 1.82) is 0 Å². The summed E-state index contributed by atoms with van der Waals surface area (Å²) in [7, 11) is 0. The topological polar surface area (TPSA) is 38.9 Å². The minimum Gasteiger partial charge on any atom is -0.293 e. The Kier molecular flexibility index (Phi) is 3.94. The summed E-state index contributed by atoms with van der Waals surface area (Å²) in [5.74, 6) is 0. The van der Waals surface area contributed by atoms with Gasteiger partial charge in [0.25, 0.3) is 0 Å². The standard InChI is InChI=1S/C18H21N5/c1-2-6-17(7-3-1)23-13-9-16(20-23)14-21-11-4-8-18(21)15-22-12-5-10-19-22/h1-3,5-7,9-10,12-13,18H,4,8,11,14-15H2/t18-/m1/s1. The summed E-state index contributed by atoms with van der Waals surface area (Å²) in [5.41, 5.74) is 2.23. The fraction of sp³-hybridized carbons (Fsp3) is 0.333. The lowest BCUT2D eigenvalue weighted by Gasteiger charge is -2.23. The van der Waals surface area contributed by atoms with Gasteiger partial charge in [0.2, 0.25) is 0 Å². The molecule has 1 aliphatic rings. The number of hydrogen-bond acceptors (Lipinski definition) is 3. The number of nitrogens with zero attached hydrogens (tertiary/aromatic N) is 5. The third-order valence-electron chi connectivity index (χ3n) is 4.49. The van der Waals surface area contributed by atoms with E-state index in [1.807, 2.05) is 52.2 Å². The molecule has 1 atom stereocenters. The average molecular weight is 307 g/mol. The Balaban J connectivity index is 1.44. The molecule has 3 heterocycles. The van der Waals surface area contributed by atoms with Gasteiger partial charge in [-0.15, -0.1) is 0 Å². The van der Waals surface area contributed by atoms with Crippen LogP contribution in [0.1, 0.15) is 18.5 Å². The molecule has 1 aliphatic heterocycles. The normalized spacial score (nSPS) is 18.5. The molecule has 0 bridgehead atoms. The lowest BCUT2D eigenvalue weighted by Crippen LogP contribution is -2.32.